The van der Waals surface area contributed by atoms with E-state index in [2.05, 4.69) is 4.74 Å². The number of alkyl halides is 3. The van der Waals surface area contributed by atoms with Crippen LogP contribution in [0.25, 0.3) is 0 Å². The van der Waals surface area contributed by atoms with E-state index in [1.165, 1.54) is 18.2 Å². The van der Waals surface area contributed by atoms with Crippen LogP contribution in [0.4, 0.5) is 13.2 Å². The molecule has 3 nitrogen and oxygen atoms in total. The first kappa shape index (κ1) is 15.5. The number of hydrogen-bond donors (Lipinski definition) is 0. The summed E-state index contributed by atoms with van der Waals surface area (Å²) in [5.74, 6) is -1.01. The molecule has 1 unspecified atom stereocenters. The van der Waals surface area contributed by atoms with Gasteiger partial charge >= 0.3 is 6.36 Å². The highest BCUT2D eigenvalue weighted by Gasteiger charge is 2.33. The van der Waals surface area contributed by atoms with Crippen LogP contribution in [0.15, 0.2) is 24.3 Å². The molecule has 0 fully saturated rings. The van der Waals surface area contributed by atoms with Crippen molar-refractivity contribution in [3.63, 3.8) is 0 Å². The SMILES string of the molecule is CCOC(CC)C(=O)c1ccccc1OC(F)(F)F. The number of ether oxygens (including phenoxy) is 2. The summed E-state index contributed by atoms with van der Waals surface area (Å²) in [6, 6.07) is 5.26. The maximum Gasteiger partial charge on any atom is 0.573 e. The molecule has 0 aliphatic carbocycles. The maximum atomic E-state index is 12.3. The Balaban J connectivity index is 3.02. The van der Waals surface area contributed by atoms with E-state index in [0.717, 1.165) is 6.07 Å². The summed E-state index contributed by atoms with van der Waals surface area (Å²) >= 11 is 0. The predicted octanol–water partition coefficient (Wildman–Crippen LogP) is 3.58. The van der Waals surface area contributed by atoms with Crippen LogP contribution in [0.5, 0.6) is 5.75 Å². The van der Waals surface area contributed by atoms with E-state index in [4.69, 9.17) is 4.74 Å². The van der Waals surface area contributed by atoms with Gasteiger partial charge in [-0.05, 0) is 25.5 Å². The molecule has 6 heteroatoms. The van der Waals surface area contributed by atoms with Crippen molar-refractivity contribution >= 4 is 5.78 Å². The normalized spacial score (nSPS) is 13.1. The van der Waals surface area contributed by atoms with E-state index in [9.17, 15) is 18.0 Å². The first-order valence-corrected chi connectivity index (χ1v) is 5.89. The molecule has 0 spiro atoms. The van der Waals surface area contributed by atoms with Crippen LogP contribution < -0.4 is 4.74 Å². The highest BCUT2D eigenvalue weighted by Crippen LogP contribution is 2.27. The van der Waals surface area contributed by atoms with Crippen LogP contribution in [0.2, 0.25) is 0 Å². The Bertz CT molecular complexity index is 429. The number of benzene rings is 1. The van der Waals surface area contributed by atoms with Crippen molar-refractivity contribution in [2.45, 2.75) is 32.7 Å². The average Bonchev–Trinajstić information content (AvgIpc) is 2.34. The molecule has 0 aliphatic rings. The minimum absolute atomic E-state index is 0.125. The molecular formula is C13H15F3O3. The van der Waals surface area contributed by atoms with Gasteiger partial charge in [-0.2, -0.15) is 0 Å². The molecule has 0 heterocycles. The van der Waals surface area contributed by atoms with E-state index >= 15 is 0 Å². The fourth-order valence-corrected chi connectivity index (χ4v) is 1.64. The van der Waals surface area contributed by atoms with E-state index in [1.807, 2.05) is 0 Å². The van der Waals surface area contributed by atoms with E-state index in [1.54, 1.807) is 13.8 Å². The summed E-state index contributed by atoms with van der Waals surface area (Å²) in [7, 11) is 0. The molecular weight excluding hydrogens is 261 g/mol. The molecule has 0 radical (unpaired) electrons. The van der Waals surface area contributed by atoms with Crippen molar-refractivity contribution in [2.75, 3.05) is 6.61 Å². The third-order valence-corrected chi connectivity index (χ3v) is 2.41. The zero-order chi connectivity index (χ0) is 14.5. The highest BCUT2D eigenvalue weighted by molar-refractivity contribution is 6.01. The monoisotopic (exact) mass is 276 g/mol. The molecule has 1 rings (SSSR count). The number of rotatable bonds is 6. The lowest BCUT2D eigenvalue weighted by Crippen LogP contribution is -2.26. The number of para-hydroxylation sites is 1. The van der Waals surface area contributed by atoms with E-state index in [-0.39, 0.29) is 5.56 Å². The van der Waals surface area contributed by atoms with Gasteiger partial charge in [-0.15, -0.1) is 13.2 Å². The van der Waals surface area contributed by atoms with Crippen molar-refractivity contribution in [1.82, 2.24) is 0 Å². The molecule has 19 heavy (non-hydrogen) atoms. The van der Waals surface area contributed by atoms with Gasteiger partial charge < -0.3 is 9.47 Å². The summed E-state index contributed by atoms with van der Waals surface area (Å²) in [4.78, 5) is 12.1. The number of Topliss-reactive ketones (excluding diaryl/α,β-unsaturated/α-hetero) is 1. The lowest BCUT2D eigenvalue weighted by Gasteiger charge is -2.17. The molecule has 0 saturated carbocycles. The highest BCUT2D eigenvalue weighted by atomic mass is 19.4. The second-order valence-electron chi connectivity index (χ2n) is 3.76. The fraction of sp³-hybridized carbons (Fsp3) is 0.462. The summed E-state index contributed by atoms with van der Waals surface area (Å²) in [5.41, 5.74) is -0.125. The molecule has 0 aliphatic heterocycles. The van der Waals surface area contributed by atoms with Gasteiger partial charge in [0.15, 0.2) is 5.78 Å². The van der Waals surface area contributed by atoms with Gasteiger partial charge in [0.25, 0.3) is 0 Å². The number of halogens is 3. The Morgan fingerprint density at radius 1 is 1.26 bits per heavy atom. The molecule has 0 bridgehead atoms. The van der Waals surface area contributed by atoms with Crippen LogP contribution in [0, 0.1) is 0 Å². The quantitative estimate of drug-likeness (QED) is 0.745. The second kappa shape index (κ2) is 6.56. The number of carbonyl (C=O) groups is 1. The van der Waals surface area contributed by atoms with Crippen molar-refractivity contribution in [3.8, 4) is 5.75 Å². The largest absolute Gasteiger partial charge is 0.573 e. The van der Waals surface area contributed by atoms with Crippen molar-refractivity contribution in [1.29, 1.82) is 0 Å². The Hall–Kier alpha value is -1.56. The maximum absolute atomic E-state index is 12.3. The van der Waals surface area contributed by atoms with Gasteiger partial charge in [0.1, 0.15) is 11.9 Å². The van der Waals surface area contributed by atoms with Crippen LogP contribution in [-0.4, -0.2) is 24.9 Å². The summed E-state index contributed by atoms with van der Waals surface area (Å²) in [6.45, 7) is 3.76. The Labute approximate surface area is 109 Å². The van der Waals surface area contributed by atoms with Gasteiger partial charge in [-0.25, -0.2) is 0 Å². The lowest BCUT2D eigenvalue weighted by molar-refractivity contribution is -0.274. The first-order chi connectivity index (χ1) is 8.89. The van der Waals surface area contributed by atoms with Crippen LogP contribution in [0.3, 0.4) is 0 Å². The number of ketones is 1. The number of carbonyl (C=O) groups excluding carboxylic acids is 1. The average molecular weight is 276 g/mol. The topological polar surface area (TPSA) is 35.5 Å². The molecule has 0 saturated heterocycles. The van der Waals surface area contributed by atoms with Gasteiger partial charge in [0.05, 0.1) is 5.56 Å². The summed E-state index contributed by atoms with van der Waals surface area (Å²) in [6.07, 6.45) is -5.21. The molecule has 0 aromatic heterocycles. The lowest BCUT2D eigenvalue weighted by atomic mass is 10.0. The molecule has 1 aromatic carbocycles. The Morgan fingerprint density at radius 3 is 2.42 bits per heavy atom. The molecule has 0 amide bonds. The molecule has 1 aromatic rings. The zero-order valence-electron chi connectivity index (χ0n) is 10.7. The van der Waals surface area contributed by atoms with Crippen LogP contribution in [0.1, 0.15) is 30.6 Å². The minimum atomic E-state index is -4.83. The van der Waals surface area contributed by atoms with Gasteiger partial charge in [-0.1, -0.05) is 19.1 Å². The van der Waals surface area contributed by atoms with Crippen LogP contribution >= 0.6 is 0 Å². The Morgan fingerprint density at radius 2 is 1.89 bits per heavy atom. The Kier molecular flexibility index (Phi) is 5.35. The van der Waals surface area contributed by atoms with Gasteiger partial charge in [-0.3, -0.25) is 4.79 Å². The van der Waals surface area contributed by atoms with Gasteiger partial charge in [0.2, 0.25) is 0 Å². The standard InChI is InChI=1S/C13H15F3O3/c1-3-10(18-4-2)12(17)9-7-5-6-8-11(9)19-13(14,15)16/h5-8,10H,3-4H2,1-2H3. The predicted molar refractivity (Wildman–Crippen MR) is 63.2 cm³/mol. The third-order valence-electron chi connectivity index (χ3n) is 2.41. The summed E-state index contributed by atoms with van der Waals surface area (Å²) in [5, 5.41) is 0. The number of hydrogen-bond acceptors (Lipinski definition) is 3. The fourth-order valence-electron chi connectivity index (χ4n) is 1.64. The van der Waals surface area contributed by atoms with Crippen molar-refractivity contribution in [3.05, 3.63) is 29.8 Å². The van der Waals surface area contributed by atoms with E-state index < -0.39 is 24.0 Å². The minimum Gasteiger partial charge on any atom is -0.405 e. The van der Waals surface area contributed by atoms with Crippen molar-refractivity contribution in [2.24, 2.45) is 0 Å². The molecule has 106 valence electrons. The van der Waals surface area contributed by atoms with Crippen LogP contribution in [-0.2, 0) is 4.74 Å². The van der Waals surface area contributed by atoms with Gasteiger partial charge in [0, 0.05) is 6.61 Å². The third kappa shape index (κ3) is 4.55. The smallest absolute Gasteiger partial charge is 0.405 e. The second-order valence-corrected chi connectivity index (χ2v) is 3.76. The van der Waals surface area contributed by atoms with Crippen molar-refractivity contribution < 1.29 is 27.4 Å². The first-order valence-electron chi connectivity index (χ1n) is 5.89. The summed E-state index contributed by atoms with van der Waals surface area (Å²) < 4.78 is 45.8. The molecule has 0 N–H and O–H groups in total. The van der Waals surface area contributed by atoms with E-state index in [0.29, 0.717) is 13.0 Å². The zero-order valence-corrected chi connectivity index (χ0v) is 10.7. The molecule has 1 atom stereocenters.